The van der Waals surface area contributed by atoms with Crippen molar-refractivity contribution in [3.63, 3.8) is 0 Å². The molecule has 0 saturated carbocycles. The number of amides is 2. The van der Waals surface area contributed by atoms with E-state index in [1.807, 2.05) is 6.07 Å². The summed E-state index contributed by atoms with van der Waals surface area (Å²) in [5, 5.41) is 1.54. The van der Waals surface area contributed by atoms with Crippen molar-refractivity contribution in [3.8, 4) is 5.75 Å². The smallest absolute Gasteiger partial charge is 0.333 e. The van der Waals surface area contributed by atoms with Crippen LogP contribution >= 0.6 is 11.8 Å². The number of Topliss-reactive ketones (excluding diaryl/α,β-unsaturated/α-hetero) is 1. The first-order valence-electron chi connectivity index (χ1n) is 10.6. The molecule has 1 aliphatic heterocycles. The molecule has 0 spiro atoms. The van der Waals surface area contributed by atoms with Crippen LogP contribution in [0, 0.1) is 5.82 Å². The van der Waals surface area contributed by atoms with Crippen molar-refractivity contribution in [1.29, 1.82) is 0 Å². The summed E-state index contributed by atoms with van der Waals surface area (Å²) in [6.07, 6.45) is -0.0780. The van der Waals surface area contributed by atoms with Crippen LogP contribution in [0.5, 0.6) is 5.75 Å². The summed E-state index contributed by atoms with van der Waals surface area (Å²) in [5.41, 5.74) is 1.54. The topological polar surface area (TPSA) is 98.8 Å². The molecular weight excluding hydrogens is 473 g/mol. The van der Waals surface area contributed by atoms with E-state index in [-0.39, 0.29) is 31.0 Å². The van der Waals surface area contributed by atoms with Gasteiger partial charge in [-0.3, -0.25) is 19.7 Å². The number of carbonyl (C=O) groups is 4. The van der Waals surface area contributed by atoms with Crippen molar-refractivity contribution in [2.75, 3.05) is 6.61 Å². The van der Waals surface area contributed by atoms with E-state index in [0.29, 0.717) is 23.1 Å². The van der Waals surface area contributed by atoms with Crippen molar-refractivity contribution < 1.29 is 33.0 Å². The van der Waals surface area contributed by atoms with Crippen LogP contribution in [-0.2, 0) is 27.4 Å². The second-order valence-electron chi connectivity index (χ2n) is 7.78. The van der Waals surface area contributed by atoms with Gasteiger partial charge in [0.15, 0.2) is 12.4 Å². The summed E-state index contributed by atoms with van der Waals surface area (Å²) in [6.45, 7) is -0.319. The molecule has 1 heterocycles. The van der Waals surface area contributed by atoms with Crippen LogP contribution in [0.15, 0.2) is 78.9 Å². The molecule has 7 nitrogen and oxygen atoms in total. The Morgan fingerprint density at radius 2 is 1.66 bits per heavy atom. The Morgan fingerprint density at radius 1 is 0.914 bits per heavy atom. The second kappa shape index (κ2) is 10.5. The zero-order chi connectivity index (χ0) is 24.8. The first kappa shape index (κ1) is 24.2. The number of hydrogen-bond donors (Lipinski definition) is 1. The molecule has 0 bridgehead atoms. The van der Waals surface area contributed by atoms with Gasteiger partial charge >= 0.3 is 5.97 Å². The van der Waals surface area contributed by atoms with Crippen LogP contribution in [0.3, 0.4) is 0 Å². The summed E-state index contributed by atoms with van der Waals surface area (Å²) >= 11 is 0.596. The van der Waals surface area contributed by atoms with Crippen LogP contribution in [0.25, 0.3) is 0 Å². The molecule has 9 heteroatoms. The number of imide groups is 1. The standard InChI is InChI=1S/C26H20FNO6S/c27-20-8-4-7-19(13-20)22(29)16-33-21-11-9-17(10-12-21)14-26(23(30)28-25(32)35-26)24(31)34-15-18-5-2-1-3-6-18/h1-13H,14-16H2,(H,28,30,32)/t26-/m0/s1. The van der Waals surface area contributed by atoms with Crippen LogP contribution in [0.2, 0.25) is 0 Å². The fourth-order valence-corrected chi connectivity index (χ4v) is 4.46. The molecule has 0 unspecified atom stereocenters. The number of ketones is 1. The molecule has 3 aromatic rings. The summed E-state index contributed by atoms with van der Waals surface area (Å²) in [7, 11) is 0. The summed E-state index contributed by atoms with van der Waals surface area (Å²) in [5.74, 6) is -2.06. The first-order chi connectivity index (χ1) is 16.9. The number of hydrogen-bond acceptors (Lipinski definition) is 7. The predicted molar refractivity (Wildman–Crippen MR) is 126 cm³/mol. The van der Waals surface area contributed by atoms with Crippen molar-refractivity contribution in [3.05, 3.63) is 101 Å². The molecule has 1 N–H and O–H groups in total. The Morgan fingerprint density at radius 3 is 2.31 bits per heavy atom. The van der Waals surface area contributed by atoms with Gasteiger partial charge in [0.2, 0.25) is 4.75 Å². The van der Waals surface area contributed by atoms with Gasteiger partial charge in [-0.25, -0.2) is 9.18 Å². The Hall–Kier alpha value is -3.98. The van der Waals surface area contributed by atoms with Gasteiger partial charge in [-0.05, 0) is 47.2 Å². The van der Waals surface area contributed by atoms with Crippen molar-refractivity contribution in [2.24, 2.45) is 0 Å². The lowest BCUT2D eigenvalue weighted by atomic mass is 9.97. The predicted octanol–water partition coefficient (Wildman–Crippen LogP) is 4.10. The van der Waals surface area contributed by atoms with E-state index < -0.39 is 27.7 Å². The van der Waals surface area contributed by atoms with E-state index >= 15 is 0 Å². The van der Waals surface area contributed by atoms with E-state index in [1.54, 1.807) is 48.5 Å². The normalized spacial score (nSPS) is 17.1. The Kier molecular flexibility index (Phi) is 7.26. The average Bonchev–Trinajstić information content (AvgIpc) is 3.15. The number of halogens is 1. The second-order valence-corrected chi connectivity index (χ2v) is 9.05. The SMILES string of the molecule is O=C1NC(=O)[C@@](Cc2ccc(OCC(=O)c3cccc(F)c3)cc2)(C(=O)OCc2ccccc2)S1. The van der Waals surface area contributed by atoms with Gasteiger partial charge in [0, 0.05) is 12.0 Å². The molecule has 0 aromatic heterocycles. The van der Waals surface area contributed by atoms with Crippen LogP contribution in [-0.4, -0.2) is 34.3 Å². The van der Waals surface area contributed by atoms with E-state index in [2.05, 4.69) is 5.32 Å². The fraction of sp³-hybridized carbons (Fsp3) is 0.154. The molecule has 1 saturated heterocycles. The maximum absolute atomic E-state index is 13.3. The van der Waals surface area contributed by atoms with E-state index in [0.717, 1.165) is 11.6 Å². The quantitative estimate of drug-likeness (QED) is 0.272. The number of nitrogens with one attached hydrogen (secondary N) is 1. The number of rotatable bonds is 9. The Balaban J connectivity index is 1.42. The third-order valence-corrected chi connectivity index (χ3v) is 6.42. The van der Waals surface area contributed by atoms with Gasteiger partial charge in [0.05, 0.1) is 0 Å². The summed E-state index contributed by atoms with van der Waals surface area (Å²) in [4.78, 5) is 49.7. The lowest BCUT2D eigenvalue weighted by Crippen LogP contribution is -2.46. The Bertz CT molecular complexity index is 1260. The summed E-state index contributed by atoms with van der Waals surface area (Å²) < 4.78 is 22.4. The highest BCUT2D eigenvalue weighted by Gasteiger charge is 2.55. The highest BCUT2D eigenvalue weighted by atomic mass is 32.2. The van der Waals surface area contributed by atoms with Crippen LogP contribution < -0.4 is 10.1 Å². The molecule has 1 atom stereocenters. The first-order valence-corrected chi connectivity index (χ1v) is 11.4. The van der Waals surface area contributed by atoms with E-state index in [4.69, 9.17) is 9.47 Å². The number of ether oxygens (including phenoxy) is 2. The van der Waals surface area contributed by atoms with Gasteiger partial charge in [-0.1, -0.05) is 54.6 Å². The molecule has 4 rings (SSSR count). The minimum absolute atomic E-state index is 0.0322. The van der Waals surface area contributed by atoms with Crippen molar-refractivity contribution in [1.82, 2.24) is 5.32 Å². The Labute approximate surface area is 204 Å². The zero-order valence-electron chi connectivity index (χ0n) is 18.4. The van der Waals surface area contributed by atoms with Gasteiger partial charge in [0.25, 0.3) is 11.1 Å². The van der Waals surface area contributed by atoms with Crippen molar-refractivity contribution >= 4 is 34.7 Å². The fourth-order valence-electron chi connectivity index (χ4n) is 3.47. The van der Waals surface area contributed by atoms with Crippen molar-refractivity contribution in [2.45, 2.75) is 17.8 Å². The third kappa shape index (κ3) is 5.75. The minimum atomic E-state index is -1.75. The van der Waals surface area contributed by atoms with E-state index in [9.17, 15) is 23.6 Å². The lowest BCUT2D eigenvalue weighted by molar-refractivity contribution is -0.150. The molecule has 1 aliphatic rings. The van der Waals surface area contributed by atoms with Gasteiger partial charge in [0.1, 0.15) is 18.2 Å². The lowest BCUT2D eigenvalue weighted by Gasteiger charge is -2.22. The molecule has 1 fully saturated rings. The zero-order valence-corrected chi connectivity index (χ0v) is 19.2. The molecule has 0 radical (unpaired) electrons. The number of esters is 1. The molecule has 0 aliphatic carbocycles. The molecule has 2 amide bonds. The molecule has 3 aromatic carbocycles. The number of thioether (sulfide) groups is 1. The van der Waals surface area contributed by atoms with Crippen LogP contribution in [0.1, 0.15) is 21.5 Å². The number of carbonyl (C=O) groups excluding carboxylic acids is 4. The maximum atomic E-state index is 13.3. The molecule has 35 heavy (non-hydrogen) atoms. The highest BCUT2D eigenvalue weighted by molar-refractivity contribution is 8.16. The summed E-state index contributed by atoms with van der Waals surface area (Å²) in [6, 6.07) is 20.7. The average molecular weight is 494 g/mol. The van der Waals surface area contributed by atoms with Gasteiger partial charge in [-0.15, -0.1) is 0 Å². The highest BCUT2D eigenvalue weighted by Crippen LogP contribution is 2.37. The maximum Gasteiger partial charge on any atom is 0.333 e. The third-order valence-electron chi connectivity index (χ3n) is 5.28. The monoisotopic (exact) mass is 493 g/mol. The largest absolute Gasteiger partial charge is 0.485 e. The van der Waals surface area contributed by atoms with Gasteiger partial charge < -0.3 is 9.47 Å². The van der Waals surface area contributed by atoms with E-state index in [1.165, 1.54) is 18.2 Å². The molecular formula is C26H20FNO6S. The molecule has 178 valence electrons. The van der Waals surface area contributed by atoms with Crippen LogP contribution in [0.4, 0.5) is 9.18 Å². The minimum Gasteiger partial charge on any atom is -0.485 e. The van der Waals surface area contributed by atoms with Gasteiger partial charge in [-0.2, -0.15) is 0 Å². The number of benzene rings is 3.